The summed E-state index contributed by atoms with van der Waals surface area (Å²) in [5.74, 6) is -1.23. The molecule has 0 saturated heterocycles. The molecule has 0 aliphatic heterocycles. The number of rotatable bonds is 4. The van der Waals surface area contributed by atoms with Crippen LogP contribution in [0, 0.1) is 0 Å². The Hall–Kier alpha value is -1.79. The van der Waals surface area contributed by atoms with Crippen molar-refractivity contribution in [2.24, 2.45) is 5.73 Å². The van der Waals surface area contributed by atoms with Crippen LogP contribution in [-0.2, 0) is 4.74 Å². The lowest BCUT2D eigenvalue weighted by molar-refractivity contribution is -0.0300. The maximum absolute atomic E-state index is 12.0. The van der Waals surface area contributed by atoms with Gasteiger partial charge in [-0.25, -0.2) is 0 Å². The van der Waals surface area contributed by atoms with E-state index in [9.17, 15) is 15.0 Å². The van der Waals surface area contributed by atoms with Gasteiger partial charge in [0.05, 0.1) is 17.7 Å². The summed E-state index contributed by atoms with van der Waals surface area (Å²) in [5, 5.41) is 21.7. The first-order valence-electron chi connectivity index (χ1n) is 6.23. The third kappa shape index (κ3) is 2.64. The van der Waals surface area contributed by atoms with Crippen molar-refractivity contribution in [3.63, 3.8) is 0 Å². The van der Waals surface area contributed by atoms with E-state index in [4.69, 9.17) is 10.5 Å². The van der Waals surface area contributed by atoms with Crippen molar-refractivity contribution in [3.05, 3.63) is 23.8 Å². The Labute approximate surface area is 111 Å². The monoisotopic (exact) mass is 266 g/mol. The van der Waals surface area contributed by atoms with Gasteiger partial charge in [-0.05, 0) is 25.5 Å². The number of phenolic OH excluding ortho intramolecular Hbond substituents is 2. The molecule has 0 heterocycles. The van der Waals surface area contributed by atoms with Gasteiger partial charge in [0.25, 0.3) is 5.91 Å². The minimum absolute atomic E-state index is 0.0225. The number of amides is 1. The summed E-state index contributed by atoms with van der Waals surface area (Å²) in [4.78, 5) is 12.0. The lowest BCUT2D eigenvalue weighted by Crippen LogP contribution is -2.64. The van der Waals surface area contributed by atoms with Crippen molar-refractivity contribution in [2.75, 3.05) is 6.61 Å². The van der Waals surface area contributed by atoms with Crippen LogP contribution in [-0.4, -0.2) is 40.9 Å². The molecule has 6 nitrogen and oxygen atoms in total. The van der Waals surface area contributed by atoms with Gasteiger partial charge in [0.15, 0.2) is 11.5 Å². The molecule has 0 spiro atoms. The molecule has 19 heavy (non-hydrogen) atoms. The Morgan fingerprint density at radius 3 is 2.89 bits per heavy atom. The number of hydrogen-bond acceptors (Lipinski definition) is 5. The van der Waals surface area contributed by atoms with Gasteiger partial charge in [-0.1, -0.05) is 6.07 Å². The van der Waals surface area contributed by atoms with E-state index >= 15 is 0 Å². The van der Waals surface area contributed by atoms with Crippen molar-refractivity contribution in [3.8, 4) is 11.5 Å². The number of hydrogen-bond donors (Lipinski definition) is 4. The normalized spacial score (nSPS) is 25.7. The summed E-state index contributed by atoms with van der Waals surface area (Å²) in [7, 11) is 0. The number of carbonyl (C=O) groups excluding carboxylic acids is 1. The highest BCUT2D eigenvalue weighted by Crippen LogP contribution is 2.29. The zero-order chi connectivity index (χ0) is 14.0. The number of para-hydroxylation sites is 1. The van der Waals surface area contributed by atoms with Crippen LogP contribution in [0.1, 0.15) is 23.7 Å². The smallest absolute Gasteiger partial charge is 0.255 e. The number of aromatic hydroxyl groups is 2. The van der Waals surface area contributed by atoms with Crippen LogP contribution in [0.15, 0.2) is 18.2 Å². The molecule has 1 aromatic carbocycles. The summed E-state index contributed by atoms with van der Waals surface area (Å²) in [6, 6.07) is 3.81. The van der Waals surface area contributed by atoms with E-state index in [1.807, 2.05) is 6.92 Å². The lowest BCUT2D eigenvalue weighted by atomic mass is 9.83. The highest BCUT2D eigenvalue weighted by molar-refractivity contribution is 5.97. The summed E-state index contributed by atoms with van der Waals surface area (Å²) in [6.07, 6.45) is 0.605. The number of nitrogens with one attached hydrogen (secondary N) is 1. The van der Waals surface area contributed by atoms with Crippen molar-refractivity contribution in [1.82, 2.24) is 5.32 Å². The van der Waals surface area contributed by atoms with Crippen molar-refractivity contribution < 1.29 is 19.7 Å². The first kappa shape index (κ1) is 13.6. The molecule has 1 fully saturated rings. The fraction of sp³-hybridized carbons (Fsp3) is 0.462. The molecule has 1 aliphatic carbocycles. The van der Waals surface area contributed by atoms with E-state index in [2.05, 4.69) is 5.32 Å². The molecule has 1 aliphatic rings. The van der Waals surface area contributed by atoms with Crippen LogP contribution in [0.5, 0.6) is 11.5 Å². The van der Waals surface area contributed by atoms with Gasteiger partial charge in [0.2, 0.25) is 0 Å². The van der Waals surface area contributed by atoms with Gasteiger partial charge in [-0.15, -0.1) is 0 Å². The fourth-order valence-corrected chi connectivity index (χ4v) is 2.17. The molecule has 1 amide bonds. The van der Waals surface area contributed by atoms with Crippen molar-refractivity contribution in [2.45, 2.75) is 31.5 Å². The summed E-state index contributed by atoms with van der Waals surface area (Å²) in [6.45, 7) is 2.44. The molecule has 5 N–H and O–H groups in total. The maximum atomic E-state index is 12.0. The Kier molecular flexibility index (Phi) is 3.92. The quantitative estimate of drug-likeness (QED) is 0.588. The van der Waals surface area contributed by atoms with Crippen LogP contribution < -0.4 is 11.1 Å². The molecule has 1 saturated carbocycles. The molecule has 2 rings (SSSR count). The first-order chi connectivity index (χ1) is 9.04. The Balaban J connectivity index is 2.06. The Morgan fingerprint density at radius 1 is 1.53 bits per heavy atom. The number of benzene rings is 1. The zero-order valence-corrected chi connectivity index (χ0v) is 10.7. The third-order valence-corrected chi connectivity index (χ3v) is 3.30. The third-order valence-electron chi connectivity index (χ3n) is 3.30. The summed E-state index contributed by atoms with van der Waals surface area (Å²) in [5.41, 5.74) is 5.85. The second kappa shape index (κ2) is 5.46. The topological polar surface area (TPSA) is 105 Å². The molecule has 6 heteroatoms. The average molecular weight is 266 g/mol. The highest BCUT2D eigenvalue weighted by atomic mass is 16.5. The standard InChI is InChI=1S/C13H18N2O4/c1-2-19-10-6-8(14)11(10)15-13(18)7-4-3-5-9(16)12(7)17/h3-5,8,10-11,16-17H,2,6,14H2,1H3,(H,15,18). The van der Waals surface area contributed by atoms with Gasteiger partial charge in [-0.3, -0.25) is 4.79 Å². The SMILES string of the molecule is CCOC1CC(N)C1NC(=O)c1cccc(O)c1O. The molecular formula is C13H18N2O4. The predicted molar refractivity (Wildman–Crippen MR) is 69.0 cm³/mol. The Morgan fingerprint density at radius 2 is 2.26 bits per heavy atom. The number of carbonyl (C=O) groups is 1. The van der Waals surface area contributed by atoms with E-state index in [1.165, 1.54) is 18.2 Å². The number of phenols is 2. The van der Waals surface area contributed by atoms with Crippen molar-refractivity contribution in [1.29, 1.82) is 0 Å². The summed E-state index contributed by atoms with van der Waals surface area (Å²) < 4.78 is 5.44. The second-order valence-electron chi connectivity index (χ2n) is 4.57. The number of nitrogens with two attached hydrogens (primary N) is 1. The van der Waals surface area contributed by atoms with E-state index in [1.54, 1.807) is 0 Å². The van der Waals surface area contributed by atoms with Crippen LogP contribution >= 0.6 is 0 Å². The van der Waals surface area contributed by atoms with Crippen LogP contribution in [0.2, 0.25) is 0 Å². The van der Waals surface area contributed by atoms with Gasteiger partial charge < -0.3 is 26.0 Å². The summed E-state index contributed by atoms with van der Waals surface area (Å²) >= 11 is 0. The van der Waals surface area contributed by atoms with Crippen LogP contribution in [0.3, 0.4) is 0 Å². The van der Waals surface area contributed by atoms with E-state index in [0.29, 0.717) is 13.0 Å². The molecule has 0 aromatic heterocycles. The minimum Gasteiger partial charge on any atom is -0.504 e. The number of ether oxygens (including phenoxy) is 1. The first-order valence-corrected chi connectivity index (χ1v) is 6.23. The van der Waals surface area contributed by atoms with E-state index < -0.39 is 11.7 Å². The molecule has 3 unspecified atom stereocenters. The predicted octanol–water partition coefficient (Wildman–Crippen LogP) is 0.332. The minimum atomic E-state index is -0.474. The molecule has 104 valence electrons. The zero-order valence-electron chi connectivity index (χ0n) is 10.7. The van der Waals surface area contributed by atoms with E-state index in [-0.39, 0.29) is 29.5 Å². The van der Waals surface area contributed by atoms with E-state index in [0.717, 1.165) is 0 Å². The largest absolute Gasteiger partial charge is 0.504 e. The fourth-order valence-electron chi connectivity index (χ4n) is 2.17. The van der Waals surface area contributed by atoms with Gasteiger partial charge in [0, 0.05) is 12.6 Å². The molecular weight excluding hydrogens is 248 g/mol. The Bertz CT molecular complexity index is 476. The van der Waals surface area contributed by atoms with Gasteiger partial charge >= 0.3 is 0 Å². The van der Waals surface area contributed by atoms with Gasteiger partial charge in [0.1, 0.15) is 0 Å². The highest BCUT2D eigenvalue weighted by Gasteiger charge is 2.40. The van der Waals surface area contributed by atoms with Crippen LogP contribution in [0.25, 0.3) is 0 Å². The van der Waals surface area contributed by atoms with Crippen LogP contribution in [0.4, 0.5) is 0 Å². The molecule has 1 aromatic rings. The average Bonchev–Trinajstić information content (AvgIpc) is 2.39. The lowest BCUT2D eigenvalue weighted by Gasteiger charge is -2.42. The maximum Gasteiger partial charge on any atom is 0.255 e. The second-order valence-corrected chi connectivity index (χ2v) is 4.57. The molecule has 0 bridgehead atoms. The molecule has 0 radical (unpaired) electrons. The van der Waals surface area contributed by atoms with Crippen molar-refractivity contribution >= 4 is 5.91 Å². The molecule has 3 atom stereocenters. The van der Waals surface area contributed by atoms with Gasteiger partial charge in [-0.2, -0.15) is 0 Å².